The Kier molecular flexibility index (Phi) is 6.67. The lowest BCUT2D eigenvalue weighted by Gasteiger charge is -2.22. The van der Waals surface area contributed by atoms with Gasteiger partial charge in [0.25, 0.3) is 5.91 Å². The molecule has 1 fully saturated rings. The number of nitrogens with zero attached hydrogens (tertiary/aromatic N) is 2. The van der Waals surface area contributed by atoms with E-state index in [-0.39, 0.29) is 23.9 Å². The lowest BCUT2D eigenvalue weighted by atomic mass is 10.1. The van der Waals surface area contributed by atoms with Gasteiger partial charge in [0.15, 0.2) is 5.69 Å². The van der Waals surface area contributed by atoms with Gasteiger partial charge < -0.3 is 15.4 Å². The van der Waals surface area contributed by atoms with E-state index in [1.54, 1.807) is 6.07 Å². The van der Waals surface area contributed by atoms with E-state index in [4.69, 9.17) is 4.74 Å². The van der Waals surface area contributed by atoms with Crippen LogP contribution in [0, 0.1) is 0 Å². The Bertz CT molecular complexity index is 716. The topological polar surface area (TPSA) is 68.2 Å². The fourth-order valence-electron chi connectivity index (χ4n) is 2.88. The van der Waals surface area contributed by atoms with E-state index in [0.29, 0.717) is 11.7 Å². The van der Waals surface area contributed by atoms with Crippen LogP contribution in [-0.2, 0) is 0 Å². The number of rotatable bonds is 4. The van der Waals surface area contributed by atoms with E-state index in [1.165, 1.54) is 0 Å². The molecule has 1 aromatic carbocycles. The molecular formula is C19H27ClN4O2. The van der Waals surface area contributed by atoms with Crippen LogP contribution < -0.4 is 15.4 Å². The Labute approximate surface area is 160 Å². The predicted molar refractivity (Wildman–Crippen MR) is 105 cm³/mol. The number of carbonyl (C=O) groups is 1. The van der Waals surface area contributed by atoms with Crippen LogP contribution in [-0.4, -0.2) is 34.4 Å². The summed E-state index contributed by atoms with van der Waals surface area (Å²) in [5, 5.41) is 10.7. The molecular weight excluding hydrogens is 352 g/mol. The van der Waals surface area contributed by atoms with Crippen LogP contribution in [0.4, 0.5) is 5.69 Å². The molecule has 2 heterocycles. The van der Waals surface area contributed by atoms with Gasteiger partial charge in [0.05, 0.1) is 6.04 Å². The van der Waals surface area contributed by atoms with Crippen LogP contribution in [0.1, 0.15) is 50.1 Å². The van der Waals surface area contributed by atoms with Gasteiger partial charge in [-0.1, -0.05) is 0 Å². The smallest absolute Gasteiger partial charge is 0.276 e. The van der Waals surface area contributed by atoms with Gasteiger partial charge in [-0.05, 0) is 70.5 Å². The van der Waals surface area contributed by atoms with Gasteiger partial charge in [-0.15, -0.1) is 12.4 Å². The summed E-state index contributed by atoms with van der Waals surface area (Å²) in [5.74, 6) is 0.576. The van der Waals surface area contributed by atoms with Crippen LogP contribution in [0.15, 0.2) is 36.5 Å². The average Bonchev–Trinajstić information content (AvgIpc) is 3.06. The third-order valence-corrected chi connectivity index (χ3v) is 4.02. The monoisotopic (exact) mass is 378 g/mol. The van der Waals surface area contributed by atoms with E-state index in [2.05, 4.69) is 15.7 Å². The Morgan fingerprint density at radius 2 is 2.00 bits per heavy atom. The molecule has 2 N–H and O–H groups in total. The van der Waals surface area contributed by atoms with Crippen molar-refractivity contribution in [2.24, 2.45) is 0 Å². The van der Waals surface area contributed by atoms with E-state index < -0.39 is 0 Å². The predicted octanol–water partition coefficient (Wildman–Crippen LogP) is 3.66. The standard InChI is InChI=1S/C19H26N4O2.ClH/c1-19(2,3)25-16-8-6-14(7-9-16)21-18(24)17-10-12-23(22-17)15-5-4-11-20-13-15;/h6-10,12,15,20H,4-5,11,13H2,1-3H3,(H,21,24);1H. The molecule has 3 rings (SSSR count). The number of hydrogen-bond acceptors (Lipinski definition) is 4. The zero-order chi connectivity index (χ0) is 17.9. The summed E-state index contributed by atoms with van der Waals surface area (Å²) >= 11 is 0. The van der Waals surface area contributed by atoms with Gasteiger partial charge in [-0.25, -0.2) is 0 Å². The Morgan fingerprint density at radius 1 is 1.27 bits per heavy atom. The van der Waals surface area contributed by atoms with Crippen molar-refractivity contribution in [3.05, 3.63) is 42.2 Å². The third kappa shape index (κ3) is 5.47. The van der Waals surface area contributed by atoms with E-state index in [0.717, 1.165) is 37.4 Å². The third-order valence-electron chi connectivity index (χ3n) is 4.02. The lowest BCUT2D eigenvalue weighted by molar-refractivity contribution is 0.102. The van der Waals surface area contributed by atoms with Gasteiger partial charge in [0, 0.05) is 18.4 Å². The van der Waals surface area contributed by atoms with Crippen LogP contribution in [0.25, 0.3) is 0 Å². The van der Waals surface area contributed by atoms with Crippen molar-refractivity contribution >= 4 is 24.0 Å². The van der Waals surface area contributed by atoms with Gasteiger partial charge in [-0.3, -0.25) is 9.48 Å². The molecule has 1 aromatic heterocycles. The van der Waals surface area contributed by atoms with Crippen LogP contribution in [0.3, 0.4) is 0 Å². The first-order valence-electron chi connectivity index (χ1n) is 8.77. The van der Waals surface area contributed by atoms with E-state index in [9.17, 15) is 4.79 Å². The van der Waals surface area contributed by atoms with Gasteiger partial charge in [0.2, 0.25) is 0 Å². The molecule has 2 aromatic rings. The largest absolute Gasteiger partial charge is 0.488 e. The molecule has 0 bridgehead atoms. The van der Waals surface area contributed by atoms with Crippen molar-refractivity contribution in [3.8, 4) is 5.75 Å². The van der Waals surface area contributed by atoms with Crippen LogP contribution in [0.2, 0.25) is 0 Å². The number of ether oxygens (including phenoxy) is 1. The molecule has 142 valence electrons. The highest BCUT2D eigenvalue weighted by Gasteiger charge is 2.18. The molecule has 0 saturated carbocycles. The number of amides is 1. The number of hydrogen-bond donors (Lipinski definition) is 2. The number of benzene rings is 1. The second-order valence-corrected chi connectivity index (χ2v) is 7.37. The van der Waals surface area contributed by atoms with Crippen molar-refractivity contribution in [2.75, 3.05) is 18.4 Å². The molecule has 26 heavy (non-hydrogen) atoms. The minimum atomic E-state index is -0.244. The molecule has 0 spiro atoms. The summed E-state index contributed by atoms with van der Waals surface area (Å²) in [6, 6.07) is 9.47. The molecule has 1 unspecified atom stereocenters. The maximum atomic E-state index is 12.4. The van der Waals surface area contributed by atoms with Crippen molar-refractivity contribution in [1.29, 1.82) is 0 Å². The Morgan fingerprint density at radius 3 is 2.62 bits per heavy atom. The number of piperidine rings is 1. The molecule has 0 radical (unpaired) electrons. The summed E-state index contributed by atoms with van der Waals surface area (Å²) < 4.78 is 7.67. The zero-order valence-electron chi connectivity index (χ0n) is 15.5. The number of carbonyl (C=O) groups excluding carboxylic acids is 1. The maximum Gasteiger partial charge on any atom is 0.276 e. The molecule has 1 aliphatic heterocycles. The van der Waals surface area contributed by atoms with Gasteiger partial charge in [0.1, 0.15) is 11.4 Å². The Balaban J connectivity index is 0.00000243. The van der Waals surface area contributed by atoms with Crippen molar-refractivity contribution in [1.82, 2.24) is 15.1 Å². The van der Waals surface area contributed by atoms with E-state index in [1.807, 2.05) is 55.9 Å². The highest BCUT2D eigenvalue weighted by Crippen LogP contribution is 2.21. The first-order chi connectivity index (χ1) is 11.9. The average molecular weight is 379 g/mol. The normalized spacial score (nSPS) is 17.3. The van der Waals surface area contributed by atoms with Crippen LogP contribution >= 0.6 is 12.4 Å². The molecule has 6 nitrogen and oxygen atoms in total. The highest BCUT2D eigenvalue weighted by atomic mass is 35.5. The second kappa shape index (κ2) is 8.56. The first kappa shape index (κ1) is 20.3. The Hall–Kier alpha value is -2.05. The number of nitrogens with one attached hydrogen (secondary N) is 2. The minimum absolute atomic E-state index is 0. The van der Waals surface area contributed by atoms with Crippen molar-refractivity contribution < 1.29 is 9.53 Å². The van der Waals surface area contributed by atoms with Crippen molar-refractivity contribution in [2.45, 2.75) is 45.3 Å². The highest BCUT2D eigenvalue weighted by molar-refractivity contribution is 6.02. The lowest BCUT2D eigenvalue weighted by Crippen LogP contribution is -2.32. The maximum absolute atomic E-state index is 12.4. The van der Waals surface area contributed by atoms with E-state index >= 15 is 0 Å². The summed E-state index contributed by atoms with van der Waals surface area (Å²) in [7, 11) is 0. The van der Waals surface area contributed by atoms with Gasteiger partial charge in [-0.2, -0.15) is 5.10 Å². The second-order valence-electron chi connectivity index (χ2n) is 7.37. The fraction of sp³-hybridized carbons (Fsp3) is 0.474. The molecule has 7 heteroatoms. The number of halogens is 1. The van der Waals surface area contributed by atoms with Crippen molar-refractivity contribution in [3.63, 3.8) is 0 Å². The quantitative estimate of drug-likeness (QED) is 0.851. The number of aromatic nitrogens is 2. The summed E-state index contributed by atoms with van der Waals surface area (Å²) in [5.41, 5.74) is 0.909. The molecule has 0 aliphatic carbocycles. The minimum Gasteiger partial charge on any atom is -0.488 e. The summed E-state index contributed by atoms with van der Waals surface area (Å²) in [6.07, 6.45) is 4.10. The fourth-order valence-corrected chi connectivity index (χ4v) is 2.88. The summed E-state index contributed by atoms with van der Waals surface area (Å²) in [6.45, 7) is 7.96. The first-order valence-corrected chi connectivity index (χ1v) is 8.77. The van der Waals surface area contributed by atoms with Gasteiger partial charge >= 0.3 is 0 Å². The molecule has 1 saturated heterocycles. The molecule has 1 amide bonds. The molecule has 1 atom stereocenters. The molecule has 1 aliphatic rings. The summed E-state index contributed by atoms with van der Waals surface area (Å²) in [4.78, 5) is 12.4. The number of anilines is 1. The SMILES string of the molecule is CC(C)(C)Oc1ccc(NC(=O)c2ccn(C3CCCNC3)n2)cc1.Cl. The van der Waals surface area contributed by atoms with Crippen LogP contribution in [0.5, 0.6) is 5.75 Å². The zero-order valence-corrected chi connectivity index (χ0v) is 16.3.